The maximum absolute atomic E-state index is 13.3. The first-order valence-electron chi connectivity index (χ1n) is 10.0. The van der Waals surface area contributed by atoms with Crippen molar-refractivity contribution >= 4 is 13.5 Å². The summed E-state index contributed by atoms with van der Waals surface area (Å²) in [4.78, 5) is 11.7. The minimum Gasteiger partial charge on any atom is -0.444 e. The van der Waals surface area contributed by atoms with Crippen LogP contribution in [0.1, 0.15) is 72.6 Å². The summed E-state index contributed by atoms with van der Waals surface area (Å²) in [6, 6.07) is 0. The third kappa shape index (κ3) is 10.5. The van der Waals surface area contributed by atoms with Gasteiger partial charge in [-0.25, -0.2) is 4.79 Å². The van der Waals surface area contributed by atoms with Crippen LogP contribution >= 0.6 is 7.37 Å². The third-order valence-corrected chi connectivity index (χ3v) is 7.16. The van der Waals surface area contributed by atoms with Crippen molar-refractivity contribution < 1.29 is 23.7 Å². The fourth-order valence-electron chi connectivity index (χ4n) is 3.22. The molecule has 0 spiro atoms. The molecule has 0 radical (unpaired) electrons. The van der Waals surface area contributed by atoms with Gasteiger partial charge in [0.2, 0.25) is 7.37 Å². The third-order valence-electron chi connectivity index (χ3n) is 4.46. The van der Waals surface area contributed by atoms with Gasteiger partial charge in [-0.2, -0.15) is 0 Å². The lowest BCUT2D eigenvalue weighted by atomic mass is 9.91. The molecule has 7 heteroatoms. The molecule has 1 rings (SSSR count). The Bertz CT molecular complexity index is 457. The predicted molar refractivity (Wildman–Crippen MR) is 105 cm³/mol. The van der Waals surface area contributed by atoms with Crippen LogP contribution in [0.15, 0.2) is 0 Å². The first kappa shape index (κ1) is 23.5. The van der Waals surface area contributed by atoms with E-state index in [0.717, 1.165) is 25.7 Å². The molecule has 6 nitrogen and oxygen atoms in total. The smallest absolute Gasteiger partial charge is 0.407 e. The Balaban J connectivity index is 2.53. The Morgan fingerprint density at radius 1 is 1.27 bits per heavy atom. The number of aliphatic hydroxyl groups excluding tert-OH is 1. The van der Waals surface area contributed by atoms with Crippen molar-refractivity contribution in [2.24, 2.45) is 5.92 Å². The normalized spacial score (nSPS) is 19.6. The molecule has 0 aromatic rings. The van der Waals surface area contributed by atoms with E-state index in [1.807, 2.05) is 0 Å². The molecule has 0 heterocycles. The lowest BCUT2D eigenvalue weighted by molar-refractivity contribution is 0.0497. The highest BCUT2D eigenvalue weighted by Gasteiger charge is 2.31. The summed E-state index contributed by atoms with van der Waals surface area (Å²) in [6.45, 7) is 7.89. The fourth-order valence-corrected chi connectivity index (χ4v) is 5.96. The second-order valence-corrected chi connectivity index (χ2v) is 11.0. The van der Waals surface area contributed by atoms with E-state index in [2.05, 4.69) is 12.2 Å². The topological polar surface area (TPSA) is 84.9 Å². The van der Waals surface area contributed by atoms with Crippen molar-refractivity contribution in [3.05, 3.63) is 0 Å². The summed E-state index contributed by atoms with van der Waals surface area (Å²) in [6.07, 6.45) is 6.78. The van der Waals surface area contributed by atoms with Gasteiger partial charge in [0.15, 0.2) is 0 Å². The molecule has 0 bridgehead atoms. The molecule has 0 aliphatic heterocycles. The van der Waals surface area contributed by atoms with E-state index in [4.69, 9.17) is 9.26 Å². The zero-order valence-corrected chi connectivity index (χ0v) is 17.9. The van der Waals surface area contributed by atoms with Crippen LogP contribution in [0.2, 0.25) is 0 Å². The van der Waals surface area contributed by atoms with Crippen LogP contribution in [0.5, 0.6) is 0 Å². The first-order chi connectivity index (χ1) is 12.1. The summed E-state index contributed by atoms with van der Waals surface area (Å²) in [5.74, 6) is 0.419. The highest BCUT2D eigenvalue weighted by Crippen LogP contribution is 2.51. The van der Waals surface area contributed by atoms with Gasteiger partial charge in [0.25, 0.3) is 0 Å². The first-order valence-corrected chi connectivity index (χ1v) is 12.0. The molecular formula is C19H38NO5P. The van der Waals surface area contributed by atoms with E-state index in [9.17, 15) is 14.5 Å². The molecule has 2 atom stereocenters. The van der Waals surface area contributed by atoms with Crippen LogP contribution in [-0.2, 0) is 13.8 Å². The summed E-state index contributed by atoms with van der Waals surface area (Å²) in [5.41, 5.74) is -0.589. The van der Waals surface area contributed by atoms with E-state index >= 15 is 0 Å². The van der Waals surface area contributed by atoms with E-state index in [1.54, 1.807) is 20.8 Å². The van der Waals surface area contributed by atoms with Crippen LogP contribution in [-0.4, -0.2) is 48.4 Å². The van der Waals surface area contributed by atoms with E-state index < -0.39 is 25.2 Å². The van der Waals surface area contributed by atoms with Gasteiger partial charge in [-0.1, -0.05) is 32.6 Å². The molecule has 1 aliphatic carbocycles. The zero-order valence-electron chi connectivity index (χ0n) is 17.0. The Kier molecular flexibility index (Phi) is 10.2. The van der Waals surface area contributed by atoms with Gasteiger partial charge in [-0.3, -0.25) is 4.57 Å². The second-order valence-electron chi connectivity index (χ2n) is 8.41. The number of carbonyl (C=O) groups is 1. The quantitative estimate of drug-likeness (QED) is 0.422. The second kappa shape index (κ2) is 11.3. The molecule has 0 aromatic heterocycles. The molecule has 26 heavy (non-hydrogen) atoms. The number of amides is 1. The van der Waals surface area contributed by atoms with Crippen molar-refractivity contribution in [1.82, 2.24) is 5.32 Å². The average molecular weight is 391 g/mol. The monoisotopic (exact) mass is 391 g/mol. The molecule has 154 valence electrons. The zero-order chi connectivity index (χ0) is 19.6. The van der Waals surface area contributed by atoms with E-state index in [1.165, 1.54) is 19.3 Å². The van der Waals surface area contributed by atoms with E-state index in [-0.39, 0.29) is 12.7 Å². The maximum Gasteiger partial charge on any atom is 0.407 e. The highest BCUT2D eigenvalue weighted by atomic mass is 31.2. The minimum absolute atomic E-state index is 0.0146. The van der Waals surface area contributed by atoms with Gasteiger partial charge in [-0.15, -0.1) is 0 Å². The number of nitrogens with one attached hydrogen (secondary N) is 1. The van der Waals surface area contributed by atoms with Gasteiger partial charge in [0.1, 0.15) is 5.60 Å². The Morgan fingerprint density at radius 3 is 2.50 bits per heavy atom. The Labute approximate surface area is 158 Å². The van der Waals surface area contributed by atoms with Crippen LogP contribution in [0.25, 0.3) is 0 Å². The molecule has 0 saturated heterocycles. The van der Waals surface area contributed by atoms with Gasteiger partial charge >= 0.3 is 6.09 Å². The number of carbonyl (C=O) groups excluding carboxylic acids is 1. The van der Waals surface area contributed by atoms with Gasteiger partial charge in [0.05, 0.1) is 18.9 Å². The summed E-state index contributed by atoms with van der Waals surface area (Å²) >= 11 is 0. The maximum atomic E-state index is 13.3. The average Bonchev–Trinajstić information content (AvgIpc) is 2.52. The SMILES string of the molecule is CCCCOP(=O)(CC1CCCCC1)C[C@H](O)CNC(=O)OC(C)(C)C. The number of unbranched alkanes of at least 4 members (excludes halogenated alkanes) is 1. The number of ether oxygens (including phenoxy) is 1. The van der Waals surface area contributed by atoms with Crippen molar-refractivity contribution in [3.8, 4) is 0 Å². The van der Waals surface area contributed by atoms with Crippen molar-refractivity contribution in [2.45, 2.75) is 84.3 Å². The highest BCUT2D eigenvalue weighted by molar-refractivity contribution is 7.59. The van der Waals surface area contributed by atoms with Crippen molar-refractivity contribution in [3.63, 3.8) is 0 Å². The van der Waals surface area contributed by atoms with E-state index in [0.29, 0.717) is 18.7 Å². The summed E-state index contributed by atoms with van der Waals surface area (Å²) in [7, 11) is -2.92. The molecule has 2 N–H and O–H groups in total. The summed E-state index contributed by atoms with van der Waals surface area (Å²) < 4.78 is 24.3. The molecule has 0 aromatic carbocycles. The molecule has 1 unspecified atom stereocenters. The van der Waals surface area contributed by atoms with Crippen LogP contribution in [0, 0.1) is 5.92 Å². The molecule has 1 saturated carbocycles. The molecule has 1 amide bonds. The number of aliphatic hydroxyl groups is 1. The Morgan fingerprint density at radius 2 is 1.92 bits per heavy atom. The van der Waals surface area contributed by atoms with Crippen molar-refractivity contribution in [1.29, 1.82) is 0 Å². The molecule has 1 aliphatic rings. The predicted octanol–water partition coefficient (Wildman–Crippen LogP) is 4.55. The molecule has 1 fully saturated rings. The fraction of sp³-hybridized carbons (Fsp3) is 0.947. The largest absolute Gasteiger partial charge is 0.444 e. The van der Waals surface area contributed by atoms with Crippen LogP contribution in [0.3, 0.4) is 0 Å². The number of rotatable bonds is 10. The van der Waals surface area contributed by atoms with Crippen LogP contribution in [0.4, 0.5) is 4.79 Å². The lowest BCUT2D eigenvalue weighted by Gasteiger charge is -2.28. The number of hydrogen-bond acceptors (Lipinski definition) is 5. The van der Waals surface area contributed by atoms with Crippen molar-refractivity contribution in [2.75, 3.05) is 25.5 Å². The minimum atomic E-state index is -2.92. The number of hydrogen-bond donors (Lipinski definition) is 2. The molecular weight excluding hydrogens is 353 g/mol. The number of alkyl carbamates (subject to hydrolysis) is 1. The summed E-state index contributed by atoms with van der Waals surface area (Å²) in [5, 5.41) is 12.8. The lowest BCUT2D eigenvalue weighted by Crippen LogP contribution is -2.38. The van der Waals surface area contributed by atoms with Gasteiger partial charge < -0.3 is 19.7 Å². The van der Waals surface area contributed by atoms with Gasteiger partial charge in [0, 0.05) is 12.7 Å². The van der Waals surface area contributed by atoms with Crippen LogP contribution < -0.4 is 5.32 Å². The Hall–Kier alpha value is -0.580. The van der Waals surface area contributed by atoms with Gasteiger partial charge in [-0.05, 0) is 46.0 Å². The standard InChI is InChI=1S/C19H38NO5P/c1-5-6-12-24-26(23,14-16-10-8-7-9-11-16)15-17(21)13-20-18(22)25-19(2,3)4/h16-17,21H,5-15H2,1-4H3,(H,20,22)/t17-,26?/m1/s1.